The van der Waals surface area contributed by atoms with E-state index >= 15 is 0 Å². The number of nitrogens with zero attached hydrogens (tertiary/aromatic N) is 2. The molecule has 3 nitrogen and oxygen atoms in total. The Morgan fingerprint density at radius 1 is 1.48 bits per heavy atom. The standard InChI is InChI=1S/C17H29N3S/c1-12(2)15-9-18-17(4,14-5-6-14)11-20(15)8-7-16-19-13(3)10-21-16/h10,12,14-15,18H,5-9,11H2,1-4H3. The third-order valence-electron chi connectivity index (χ3n) is 5.24. The number of aromatic nitrogens is 1. The van der Waals surface area contributed by atoms with Crippen molar-refractivity contribution in [3.8, 4) is 0 Å². The smallest absolute Gasteiger partial charge is 0.0940 e. The Kier molecular flexibility index (Phi) is 4.40. The minimum absolute atomic E-state index is 0.337. The molecule has 1 aromatic rings. The van der Waals surface area contributed by atoms with Gasteiger partial charge in [-0.05, 0) is 38.5 Å². The maximum Gasteiger partial charge on any atom is 0.0940 e. The molecule has 3 rings (SSSR count). The number of piperazine rings is 1. The molecule has 1 aliphatic carbocycles. The predicted molar refractivity (Wildman–Crippen MR) is 89.9 cm³/mol. The summed E-state index contributed by atoms with van der Waals surface area (Å²) in [4.78, 5) is 7.36. The van der Waals surface area contributed by atoms with Gasteiger partial charge in [0.1, 0.15) is 0 Å². The van der Waals surface area contributed by atoms with E-state index in [0.717, 1.165) is 25.4 Å². The van der Waals surface area contributed by atoms with Crippen molar-refractivity contribution >= 4 is 11.3 Å². The van der Waals surface area contributed by atoms with Crippen LogP contribution in [0.25, 0.3) is 0 Å². The van der Waals surface area contributed by atoms with Gasteiger partial charge in [0.25, 0.3) is 0 Å². The molecular weight excluding hydrogens is 278 g/mol. The van der Waals surface area contributed by atoms with Crippen LogP contribution in [0, 0.1) is 18.8 Å². The normalized spacial score (nSPS) is 31.0. The number of rotatable bonds is 5. The summed E-state index contributed by atoms with van der Waals surface area (Å²) in [6.45, 7) is 12.7. The summed E-state index contributed by atoms with van der Waals surface area (Å²) in [6, 6.07) is 0.665. The van der Waals surface area contributed by atoms with Crippen LogP contribution in [0.3, 0.4) is 0 Å². The maximum absolute atomic E-state index is 4.63. The highest BCUT2D eigenvalue weighted by molar-refractivity contribution is 7.09. The van der Waals surface area contributed by atoms with Gasteiger partial charge in [0.2, 0.25) is 0 Å². The number of hydrogen-bond donors (Lipinski definition) is 1. The highest BCUT2D eigenvalue weighted by Gasteiger charge is 2.46. The molecule has 2 unspecified atom stereocenters. The van der Waals surface area contributed by atoms with Crippen molar-refractivity contribution in [2.24, 2.45) is 11.8 Å². The van der Waals surface area contributed by atoms with Crippen molar-refractivity contribution in [1.82, 2.24) is 15.2 Å². The fourth-order valence-electron chi connectivity index (χ4n) is 3.71. The molecule has 21 heavy (non-hydrogen) atoms. The van der Waals surface area contributed by atoms with Crippen LogP contribution in [0.2, 0.25) is 0 Å². The molecule has 0 spiro atoms. The van der Waals surface area contributed by atoms with Crippen molar-refractivity contribution in [3.05, 3.63) is 16.1 Å². The van der Waals surface area contributed by atoms with Crippen LogP contribution in [0.1, 0.15) is 44.3 Å². The van der Waals surface area contributed by atoms with Gasteiger partial charge in [0.05, 0.1) is 5.01 Å². The van der Waals surface area contributed by atoms with Crippen LogP contribution in [0.5, 0.6) is 0 Å². The Hall–Kier alpha value is -0.450. The number of hydrogen-bond acceptors (Lipinski definition) is 4. The molecule has 0 amide bonds. The minimum Gasteiger partial charge on any atom is -0.308 e. The van der Waals surface area contributed by atoms with Crippen molar-refractivity contribution < 1.29 is 0 Å². The van der Waals surface area contributed by atoms with Gasteiger partial charge in [-0.3, -0.25) is 4.90 Å². The first-order valence-electron chi connectivity index (χ1n) is 8.38. The summed E-state index contributed by atoms with van der Waals surface area (Å²) in [5.41, 5.74) is 1.50. The predicted octanol–water partition coefficient (Wildman–Crippen LogP) is 3.09. The number of nitrogens with one attached hydrogen (secondary N) is 1. The van der Waals surface area contributed by atoms with Gasteiger partial charge >= 0.3 is 0 Å². The lowest BCUT2D eigenvalue weighted by molar-refractivity contribution is 0.0534. The van der Waals surface area contributed by atoms with Crippen LogP contribution >= 0.6 is 11.3 Å². The van der Waals surface area contributed by atoms with Gasteiger partial charge in [0.15, 0.2) is 0 Å². The Bertz CT molecular complexity index is 480. The van der Waals surface area contributed by atoms with Gasteiger partial charge in [0, 0.05) is 48.7 Å². The van der Waals surface area contributed by atoms with Crippen LogP contribution in [-0.4, -0.2) is 41.1 Å². The third-order valence-corrected chi connectivity index (χ3v) is 6.27. The Morgan fingerprint density at radius 2 is 2.24 bits per heavy atom. The second-order valence-electron chi connectivity index (χ2n) is 7.49. The first-order chi connectivity index (χ1) is 9.98. The van der Waals surface area contributed by atoms with E-state index in [0.29, 0.717) is 17.5 Å². The molecular formula is C17H29N3S. The Balaban J connectivity index is 1.65. The maximum atomic E-state index is 4.63. The quantitative estimate of drug-likeness (QED) is 0.906. The lowest BCUT2D eigenvalue weighted by atomic mass is 9.88. The third kappa shape index (κ3) is 3.49. The molecule has 2 heterocycles. The molecule has 1 saturated carbocycles. The second kappa shape index (κ2) is 5.98. The van der Waals surface area contributed by atoms with E-state index in [1.165, 1.54) is 30.1 Å². The summed E-state index contributed by atoms with van der Waals surface area (Å²) < 4.78 is 0. The zero-order chi connectivity index (χ0) is 15.0. The first kappa shape index (κ1) is 15.4. The van der Waals surface area contributed by atoms with Crippen LogP contribution < -0.4 is 5.32 Å². The van der Waals surface area contributed by atoms with E-state index in [4.69, 9.17) is 0 Å². The molecule has 2 aliphatic rings. The molecule has 1 aliphatic heterocycles. The van der Waals surface area contributed by atoms with Crippen LogP contribution in [0.15, 0.2) is 5.38 Å². The number of aryl methyl sites for hydroxylation is 1. The van der Waals surface area contributed by atoms with Crippen molar-refractivity contribution in [2.45, 2.75) is 58.5 Å². The van der Waals surface area contributed by atoms with Crippen molar-refractivity contribution in [2.75, 3.05) is 19.6 Å². The SMILES string of the molecule is Cc1csc(CCN2CC(C)(C3CC3)NCC2C(C)C)n1. The van der Waals surface area contributed by atoms with Crippen molar-refractivity contribution in [3.63, 3.8) is 0 Å². The van der Waals surface area contributed by atoms with E-state index in [1.54, 1.807) is 0 Å². The fraction of sp³-hybridized carbons (Fsp3) is 0.824. The monoisotopic (exact) mass is 307 g/mol. The Morgan fingerprint density at radius 3 is 2.81 bits per heavy atom. The average molecular weight is 308 g/mol. The molecule has 1 N–H and O–H groups in total. The summed E-state index contributed by atoms with van der Waals surface area (Å²) in [5.74, 6) is 1.61. The van der Waals surface area contributed by atoms with Gasteiger partial charge in [-0.25, -0.2) is 4.98 Å². The van der Waals surface area contributed by atoms with E-state index in [-0.39, 0.29) is 0 Å². The molecule has 2 atom stereocenters. The van der Waals surface area contributed by atoms with E-state index in [9.17, 15) is 0 Å². The van der Waals surface area contributed by atoms with Gasteiger partial charge in [-0.2, -0.15) is 0 Å². The van der Waals surface area contributed by atoms with E-state index < -0.39 is 0 Å². The van der Waals surface area contributed by atoms with Crippen molar-refractivity contribution in [1.29, 1.82) is 0 Å². The van der Waals surface area contributed by atoms with Gasteiger partial charge < -0.3 is 5.32 Å². The molecule has 0 aromatic carbocycles. The zero-order valence-electron chi connectivity index (χ0n) is 13.9. The second-order valence-corrected chi connectivity index (χ2v) is 8.43. The molecule has 2 fully saturated rings. The van der Waals surface area contributed by atoms with Crippen LogP contribution in [-0.2, 0) is 6.42 Å². The van der Waals surface area contributed by atoms with E-state index in [1.807, 2.05) is 11.3 Å². The molecule has 1 saturated heterocycles. The largest absolute Gasteiger partial charge is 0.308 e. The lowest BCUT2D eigenvalue weighted by Gasteiger charge is -2.48. The van der Waals surface area contributed by atoms with Gasteiger partial charge in [-0.15, -0.1) is 11.3 Å². The molecule has 0 radical (unpaired) electrons. The Labute approximate surface area is 133 Å². The summed E-state index contributed by atoms with van der Waals surface area (Å²) in [6.07, 6.45) is 3.92. The molecule has 118 valence electrons. The molecule has 1 aromatic heterocycles. The van der Waals surface area contributed by atoms with Crippen LogP contribution in [0.4, 0.5) is 0 Å². The highest BCUT2D eigenvalue weighted by Crippen LogP contribution is 2.41. The average Bonchev–Trinajstić information content (AvgIpc) is 3.21. The highest BCUT2D eigenvalue weighted by atomic mass is 32.1. The summed E-state index contributed by atoms with van der Waals surface area (Å²) in [5, 5.41) is 7.33. The summed E-state index contributed by atoms with van der Waals surface area (Å²) >= 11 is 1.81. The molecule has 4 heteroatoms. The zero-order valence-corrected chi connectivity index (χ0v) is 14.7. The van der Waals surface area contributed by atoms with Gasteiger partial charge in [-0.1, -0.05) is 13.8 Å². The number of thiazole rings is 1. The topological polar surface area (TPSA) is 28.2 Å². The van der Waals surface area contributed by atoms with E-state index in [2.05, 4.69) is 48.3 Å². The summed E-state index contributed by atoms with van der Waals surface area (Å²) in [7, 11) is 0. The first-order valence-corrected chi connectivity index (χ1v) is 9.26. The fourth-order valence-corrected chi connectivity index (χ4v) is 4.48. The minimum atomic E-state index is 0.337. The lowest BCUT2D eigenvalue weighted by Crippen LogP contribution is -2.65. The molecule has 0 bridgehead atoms.